The van der Waals surface area contributed by atoms with Crippen molar-refractivity contribution in [2.24, 2.45) is 0 Å². The molecule has 0 saturated carbocycles. The number of halogens is 1. The number of amides is 1. The van der Waals surface area contributed by atoms with Gasteiger partial charge in [0.1, 0.15) is 15.1 Å². The van der Waals surface area contributed by atoms with Gasteiger partial charge in [-0.2, -0.15) is 0 Å². The molecule has 3 rings (SSSR count). The van der Waals surface area contributed by atoms with Crippen LogP contribution in [0, 0.1) is 0 Å². The molecular weight excluding hydrogens is 298 g/mol. The number of hydrogen-bond donors (Lipinski definition) is 2. The van der Waals surface area contributed by atoms with Gasteiger partial charge in [-0.15, -0.1) is 11.3 Å². The highest BCUT2D eigenvalue weighted by molar-refractivity contribution is 7.15. The third kappa shape index (κ3) is 2.71. The third-order valence-electron chi connectivity index (χ3n) is 2.88. The molecule has 1 aliphatic rings. The Balaban J connectivity index is 1.72. The quantitative estimate of drug-likeness (QED) is 0.914. The monoisotopic (exact) mass is 309 g/mol. The molecule has 104 valence electrons. The Morgan fingerprint density at radius 2 is 2.40 bits per heavy atom. The lowest BCUT2D eigenvalue weighted by atomic mass is 10.2. The van der Waals surface area contributed by atoms with E-state index in [2.05, 4.69) is 15.6 Å². The molecule has 1 atom stereocenters. The fraction of sp³-hybridized carbons (Fsp3) is 0.231. The molecule has 1 amide bonds. The predicted molar refractivity (Wildman–Crippen MR) is 79.6 cm³/mol. The topological polar surface area (TPSA) is 63.2 Å². The summed E-state index contributed by atoms with van der Waals surface area (Å²) in [7, 11) is 0. The van der Waals surface area contributed by atoms with Crippen molar-refractivity contribution in [3.8, 4) is 5.75 Å². The molecule has 2 N–H and O–H groups in total. The summed E-state index contributed by atoms with van der Waals surface area (Å²) < 4.78 is 6.17. The molecule has 0 aliphatic carbocycles. The Morgan fingerprint density at radius 3 is 3.15 bits per heavy atom. The van der Waals surface area contributed by atoms with Gasteiger partial charge in [0.25, 0.3) is 5.91 Å². The molecule has 0 bridgehead atoms. The van der Waals surface area contributed by atoms with Crippen LogP contribution in [-0.2, 0) is 11.3 Å². The van der Waals surface area contributed by atoms with E-state index < -0.39 is 6.10 Å². The summed E-state index contributed by atoms with van der Waals surface area (Å²) >= 11 is 7.26. The van der Waals surface area contributed by atoms with Gasteiger partial charge in [-0.25, -0.2) is 4.98 Å². The van der Waals surface area contributed by atoms with Crippen molar-refractivity contribution in [3.63, 3.8) is 0 Å². The SMILES string of the molecule is CC1Oc2ccc(NCc3ncc(Cl)s3)cc2NC1=O. The average Bonchev–Trinajstić information content (AvgIpc) is 2.84. The summed E-state index contributed by atoms with van der Waals surface area (Å²) in [6.45, 7) is 2.30. The number of aromatic nitrogens is 1. The van der Waals surface area contributed by atoms with Gasteiger partial charge in [0.05, 0.1) is 18.4 Å². The third-order valence-corrected chi connectivity index (χ3v) is 3.99. The van der Waals surface area contributed by atoms with Crippen molar-refractivity contribution in [2.75, 3.05) is 10.6 Å². The molecule has 0 radical (unpaired) electrons. The smallest absolute Gasteiger partial charge is 0.265 e. The van der Waals surface area contributed by atoms with E-state index in [0.29, 0.717) is 22.3 Å². The molecule has 1 aromatic heterocycles. The lowest BCUT2D eigenvalue weighted by Gasteiger charge is -2.23. The van der Waals surface area contributed by atoms with Crippen LogP contribution in [0.4, 0.5) is 11.4 Å². The summed E-state index contributed by atoms with van der Waals surface area (Å²) in [5.74, 6) is 0.543. The van der Waals surface area contributed by atoms with Crippen LogP contribution in [0.1, 0.15) is 11.9 Å². The van der Waals surface area contributed by atoms with Crippen LogP contribution in [0.5, 0.6) is 5.75 Å². The molecule has 2 heterocycles. The Kier molecular flexibility index (Phi) is 3.50. The fourth-order valence-corrected chi connectivity index (χ4v) is 2.76. The molecular formula is C13H12ClN3O2S. The van der Waals surface area contributed by atoms with E-state index in [0.717, 1.165) is 10.7 Å². The molecule has 5 nitrogen and oxygen atoms in total. The second-order valence-corrected chi connectivity index (χ2v) is 6.12. The van der Waals surface area contributed by atoms with E-state index in [9.17, 15) is 4.79 Å². The van der Waals surface area contributed by atoms with Gasteiger partial charge in [-0.3, -0.25) is 4.79 Å². The van der Waals surface area contributed by atoms with Crippen LogP contribution in [0.15, 0.2) is 24.4 Å². The highest BCUT2D eigenvalue weighted by atomic mass is 35.5. The number of hydrogen-bond acceptors (Lipinski definition) is 5. The standard InChI is InChI=1S/C13H12ClN3O2S/c1-7-13(18)17-9-4-8(2-3-10(9)19-7)15-6-12-16-5-11(14)20-12/h2-5,7,15H,6H2,1H3,(H,17,18). The number of ether oxygens (including phenoxy) is 1. The van der Waals surface area contributed by atoms with Gasteiger partial charge in [0, 0.05) is 5.69 Å². The van der Waals surface area contributed by atoms with Crippen LogP contribution in [0.2, 0.25) is 4.34 Å². The maximum atomic E-state index is 11.6. The number of carbonyl (C=O) groups excluding carboxylic acids is 1. The number of carbonyl (C=O) groups is 1. The van der Waals surface area contributed by atoms with Crippen molar-refractivity contribution in [1.82, 2.24) is 4.98 Å². The first-order valence-corrected chi connectivity index (χ1v) is 7.27. The van der Waals surface area contributed by atoms with Crippen molar-refractivity contribution in [2.45, 2.75) is 19.6 Å². The number of nitrogens with one attached hydrogen (secondary N) is 2. The molecule has 0 fully saturated rings. The van der Waals surface area contributed by atoms with Gasteiger partial charge in [0.2, 0.25) is 0 Å². The summed E-state index contributed by atoms with van der Waals surface area (Å²) in [6, 6.07) is 5.58. The van der Waals surface area contributed by atoms with Crippen molar-refractivity contribution in [1.29, 1.82) is 0 Å². The first-order chi connectivity index (χ1) is 9.61. The lowest BCUT2D eigenvalue weighted by Crippen LogP contribution is -2.34. The first-order valence-electron chi connectivity index (χ1n) is 6.07. The Bertz CT molecular complexity index is 659. The molecule has 0 saturated heterocycles. The Morgan fingerprint density at radius 1 is 1.55 bits per heavy atom. The van der Waals surface area contributed by atoms with Crippen LogP contribution in [0.25, 0.3) is 0 Å². The van der Waals surface area contributed by atoms with E-state index in [1.54, 1.807) is 13.1 Å². The van der Waals surface area contributed by atoms with Crippen LogP contribution in [-0.4, -0.2) is 17.0 Å². The highest BCUT2D eigenvalue weighted by Gasteiger charge is 2.23. The second-order valence-electron chi connectivity index (χ2n) is 4.37. The minimum Gasteiger partial charge on any atom is -0.479 e. The van der Waals surface area contributed by atoms with Gasteiger partial charge < -0.3 is 15.4 Å². The Hall–Kier alpha value is -1.79. The lowest BCUT2D eigenvalue weighted by molar-refractivity contribution is -0.122. The zero-order valence-corrected chi connectivity index (χ0v) is 12.2. The largest absolute Gasteiger partial charge is 0.479 e. The molecule has 7 heteroatoms. The van der Waals surface area contributed by atoms with Crippen LogP contribution in [0.3, 0.4) is 0 Å². The van der Waals surface area contributed by atoms with Gasteiger partial charge >= 0.3 is 0 Å². The Labute approximate surface area is 124 Å². The van der Waals surface area contributed by atoms with E-state index in [-0.39, 0.29) is 5.91 Å². The predicted octanol–water partition coefficient (Wildman–Crippen LogP) is 3.13. The zero-order chi connectivity index (χ0) is 14.1. The molecule has 1 aliphatic heterocycles. The van der Waals surface area contributed by atoms with Crippen LogP contribution < -0.4 is 15.4 Å². The van der Waals surface area contributed by atoms with E-state index >= 15 is 0 Å². The van der Waals surface area contributed by atoms with Crippen LogP contribution >= 0.6 is 22.9 Å². The second kappa shape index (κ2) is 5.30. The molecule has 1 aromatic carbocycles. The number of fused-ring (bicyclic) bond motifs is 1. The van der Waals surface area contributed by atoms with E-state index in [1.807, 2.05) is 18.2 Å². The molecule has 20 heavy (non-hydrogen) atoms. The van der Waals surface area contributed by atoms with E-state index in [1.165, 1.54) is 11.3 Å². The molecule has 1 unspecified atom stereocenters. The minimum absolute atomic E-state index is 0.138. The first kappa shape index (κ1) is 13.2. The molecule has 0 spiro atoms. The number of nitrogens with zero attached hydrogens (tertiary/aromatic N) is 1. The number of benzene rings is 1. The summed E-state index contributed by atoms with van der Waals surface area (Å²) in [6.07, 6.45) is 1.17. The van der Waals surface area contributed by atoms with Crippen molar-refractivity contribution in [3.05, 3.63) is 33.7 Å². The van der Waals surface area contributed by atoms with Gasteiger partial charge in [-0.05, 0) is 25.1 Å². The maximum absolute atomic E-state index is 11.6. The van der Waals surface area contributed by atoms with Gasteiger partial charge in [-0.1, -0.05) is 11.6 Å². The summed E-state index contributed by atoms with van der Waals surface area (Å²) in [5, 5.41) is 6.95. The zero-order valence-electron chi connectivity index (χ0n) is 10.6. The molecule has 2 aromatic rings. The van der Waals surface area contributed by atoms with Crippen molar-refractivity contribution < 1.29 is 9.53 Å². The van der Waals surface area contributed by atoms with Gasteiger partial charge in [0.15, 0.2) is 6.10 Å². The highest BCUT2D eigenvalue weighted by Crippen LogP contribution is 2.32. The minimum atomic E-state index is -0.459. The average molecular weight is 310 g/mol. The summed E-state index contributed by atoms with van der Waals surface area (Å²) in [4.78, 5) is 15.7. The van der Waals surface area contributed by atoms with E-state index in [4.69, 9.17) is 16.3 Å². The fourth-order valence-electron chi connectivity index (χ4n) is 1.87. The normalized spacial score (nSPS) is 17.1. The number of thiazole rings is 1. The summed E-state index contributed by atoms with van der Waals surface area (Å²) in [5.41, 5.74) is 1.56. The maximum Gasteiger partial charge on any atom is 0.265 e. The number of anilines is 2. The number of rotatable bonds is 3. The van der Waals surface area contributed by atoms with Crippen molar-refractivity contribution >= 4 is 40.2 Å².